The minimum Gasteiger partial charge on any atom is -0.393 e. The van der Waals surface area contributed by atoms with Crippen molar-refractivity contribution in [3.63, 3.8) is 0 Å². The summed E-state index contributed by atoms with van der Waals surface area (Å²) in [5.74, 6) is 4.72. The van der Waals surface area contributed by atoms with Gasteiger partial charge in [0.15, 0.2) is 0 Å². The molecule has 4 saturated carbocycles. The Labute approximate surface area is 246 Å². The Hall–Kier alpha value is -0.160. The van der Waals surface area contributed by atoms with Gasteiger partial charge in [0.1, 0.15) is 0 Å². The maximum absolute atomic E-state index is 12.7. The van der Waals surface area contributed by atoms with Crippen LogP contribution in [-0.4, -0.2) is 46.8 Å². The van der Waals surface area contributed by atoms with Gasteiger partial charge in [-0.25, -0.2) is 0 Å². The number of rotatable bonds is 6. The Kier molecular flexibility index (Phi) is 8.66. The van der Waals surface area contributed by atoms with Gasteiger partial charge in [-0.15, -0.1) is 0 Å². The van der Waals surface area contributed by atoms with Crippen LogP contribution in [0.25, 0.3) is 0 Å². The third kappa shape index (κ3) is 4.58. The third-order valence-electron chi connectivity index (χ3n) is 15.1. The van der Waals surface area contributed by atoms with Crippen LogP contribution in [0.4, 0.5) is 0 Å². The predicted octanol–water partition coefficient (Wildman–Crippen LogP) is 7.19. The van der Waals surface area contributed by atoms with Crippen LogP contribution in [0.5, 0.6) is 0 Å². The van der Waals surface area contributed by atoms with E-state index in [2.05, 4.69) is 55.4 Å². The first kappa shape index (κ1) is 31.3. The largest absolute Gasteiger partial charge is 0.393 e. The quantitative estimate of drug-likeness (QED) is 0.322. The van der Waals surface area contributed by atoms with E-state index in [0.29, 0.717) is 35.5 Å². The van der Waals surface area contributed by atoms with E-state index >= 15 is 0 Å². The van der Waals surface area contributed by atoms with Gasteiger partial charge in [-0.05, 0) is 115 Å². The Balaban J connectivity index is 1.53. The average molecular weight is 561 g/mol. The maximum atomic E-state index is 12.7. The van der Waals surface area contributed by atoms with Gasteiger partial charge in [0, 0.05) is 24.5 Å². The van der Waals surface area contributed by atoms with Crippen LogP contribution in [0, 0.1) is 81.3 Å². The highest BCUT2D eigenvalue weighted by Gasteiger charge is 2.70. The van der Waals surface area contributed by atoms with Crippen LogP contribution in [0.15, 0.2) is 0 Å². The van der Waals surface area contributed by atoms with Crippen LogP contribution in [0.3, 0.4) is 0 Å². The number of aliphatic hydroxyl groups is 3. The molecule has 5 aliphatic rings. The van der Waals surface area contributed by atoms with Crippen molar-refractivity contribution in [2.75, 3.05) is 13.2 Å². The predicted molar refractivity (Wildman–Crippen MR) is 163 cm³/mol. The van der Waals surface area contributed by atoms with E-state index in [1.165, 1.54) is 38.5 Å². The van der Waals surface area contributed by atoms with Crippen molar-refractivity contribution in [3.05, 3.63) is 0 Å². The molecule has 3 N–H and O–H groups in total. The van der Waals surface area contributed by atoms with Crippen molar-refractivity contribution in [2.45, 2.75) is 132 Å². The van der Waals surface area contributed by atoms with Gasteiger partial charge < -0.3 is 20.1 Å². The molecule has 0 aromatic heterocycles. The Morgan fingerprint density at radius 2 is 1.65 bits per heavy atom. The van der Waals surface area contributed by atoms with E-state index in [9.17, 15) is 15.3 Å². The second-order valence-electron chi connectivity index (χ2n) is 16.9. The fraction of sp³-hybridized carbons (Fsp3) is 1.00. The molecule has 0 spiro atoms. The van der Waals surface area contributed by atoms with Crippen LogP contribution in [0.2, 0.25) is 0 Å². The summed E-state index contributed by atoms with van der Waals surface area (Å²) in [5.41, 5.74) is -0.283. The molecule has 0 aromatic carbocycles. The molecule has 5 fully saturated rings. The summed E-state index contributed by atoms with van der Waals surface area (Å²) in [6.45, 7) is 22.8. The molecule has 1 saturated heterocycles. The SMILES string of the molecule is CCC(CC)CC1CC(C2CCOC2)C2CC3(C)CC4(C)CC(C)C(C(C)O)C(O)C4(C)C(C)C3C(O)C2C1C. The number of hydrogen-bond acceptors (Lipinski definition) is 4. The number of ether oxygens (including phenoxy) is 1. The van der Waals surface area contributed by atoms with Gasteiger partial charge in [-0.3, -0.25) is 0 Å². The highest BCUT2D eigenvalue weighted by molar-refractivity contribution is 5.19. The molecule has 16 atom stereocenters. The fourth-order valence-electron chi connectivity index (χ4n) is 13.0. The lowest BCUT2D eigenvalue weighted by Gasteiger charge is -2.72. The fourth-order valence-corrected chi connectivity index (χ4v) is 13.0. The van der Waals surface area contributed by atoms with Crippen LogP contribution in [-0.2, 0) is 4.74 Å². The van der Waals surface area contributed by atoms with Crippen molar-refractivity contribution >= 4 is 0 Å². The van der Waals surface area contributed by atoms with Crippen molar-refractivity contribution in [3.8, 4) is 0 Å². The van der Waals surface area contributed by atoms with Gasteiger partial charge in [0.2, 0.25) is 0 Å². The van der Waals surface area contributed by atoms with Gasteiger partial charge >= 0.3 is 0 Å². The lowest BCUT2D eigenvalue weighted by molar-refractivity contribution is -0.282. The minimum atomic E-state index is -0.555. The monoisotopic (exact) mass is 560 g/mol. The molecule has 0 amide bonds. The van der Waals surface area contributed by atoms with E-state index in [1.54, 1.807) is 0 Å². The molecule has 40 heavy (non-hydrogen) atoms. The van der Waals surface area contributed by atoms with Crippen molar-refractivity contribution in [2.24, 2.45) is 81.3 Å². The molecule has 1 heterocycles. The lowest BCUT2D eigenvalue weighted by Crippen LogP contribution is -2.70. The van der Waals surface area contributed by atoms with E-state index in [4.69, 9.17) is 4.74 Å². The van der Waals surface area contributed by atoms with Gasteiger partial charge in [0.25, 0.3) is 0 Å². The first-order valence-corrected chi connectivity index (χ1v) is 17.4. The zero-order valence-corrected chi connectivity index (χ0v) is 27.4. The standard InChI is InChI=1S/C36H64O4/c1-10-24(11-2)14-26-15-27(25-12-13-40-18-25)28-17-34(7)19-35(8)16-20(3)29(23(6)37)33(39)36(35,9)22(5)31(34)32(38)30(28)21(26)4/h20-33,37-39H,10-19H2,1-9H3. The summed E-state index contributed by atoms with van der Waals surface area (Å²) in [4.78, 5) is 0. The zero-order chi connectivity index (χ0) is 29.4. The highest BCUT2D eigenvalue weighted by atomic mass is 16.5. The molecule has 0 radical (unpaired) electrons. The van der Waals surface area contributed by atoms with Crippen LogP contribution >= 0.6 is 0 Å². The molecule has 232 valence electrons. The molecule has 1 aliphatic heterocycles. The molecule has 4 heteroatoms. The summed E-state index contributed by atoms with van der Waals surface area (Å²) >= 11 is 0. The normalized spacial score (nSPS) is 55.4. The number of fused-ring (bicyclic) bond motifs is 3. The average Bonchev–Trinajstić information content (AvgIpc) is 3.40. The van der Waals surface area contributed by atoms with Gasteiger partial charge in [0.05, 0.1) is 18.3 Å². The van der Waals surface area contributed by atoms with Gasteiger partial charge in [-0.1, -0.05) is 68.2 Å². The number of hydrogen-bond donors (Lipinski definition) is 3. The summed E-state index contributed by atoms with van der Waals surface area (Å²) in [5, 5.41) is 35.5. The second-order valence-corrected chi connectivity index (χ2v) is 16.9. The summed E-state index contributed by atoms with van der Waals surface area (Å²) in [6.07, 6.45) is 8.22. The van der Waals surface area contributed by atoms with Crippen molar-refractivity contribution < 1.29 is 20.1 Å². The first-order valence-electron chi connectivity index (χ1n) is 17.4. The molecular weight excluding hydrogens is 496 g/mol. The van der Waals surface area contributed by atoms with E-state index in [-0.39, 0.29) is 46.0 Å². The van der Waals surface area contributed by atoms with E-state index in [0.717, 1.165) is 32.0 Å². The smallest absolute Gasteiger partial charge is 0.0656 e. The highest BCUT2D eigenvalue weighted by Crippen LogP contribution is 2.73. The first-order chi connectivity index (χ1) is 18.7. The summed E-state index contributed by atoms with van der Waals surface area (Å²) in [7, 11) is 0. The molecule has 0 bridgehead atoms. The topological polar surface area (TPSA) is 69.9 Å². The molecule has 4 nitrogen and oxygen atoms in total. The van der Waals surface area contributed by atoms with Crippen LogP contribution < -0.4 is 0 Å². The van der Waals surface area contributed by atoms with E-state index < -0.39 is 12.2 Å². The van der Waals surface area contributed by atoms with Crippen LogP contribution in [0.1, 0.15) is 114 Å². The Morgan fingerprint density at radius 1 is 0.975 bits per heavy atom. The molecule has 4 aliphatic carbocycles. The summed E-state index contributed by atoms with van der Waals surface area (Å²) < 4.78 is 5.99. The van der Waals surface area contributed by atoms with Gasteiger partial charge in [-0.2, -0.15) is 0 Å². The van der Waals surface area contributed by atoms with Crippen molar-refractivity contribution in [1.29, 1.82) is 0 Å². The Bertz CT molecular complexity index is 880. The number of aliphatic hydroxyl groups excluding tert-OH is 3. The third-order valence-corrected chi connectivity index (χ3v) is 15.1. The Morgan fingerprint density at radius 3 is 2.23 bits per heavy atom. The molecular formula is C36H64O4. The molecule has 0 aromatic rings. The van der Waals surface area contributed by atoms with E-state index in [1.807, 2.05) is 6.92 Å². The lowest BCUT2D eigenvalue weighted by atomic mass is 9.33. The second kappa shape index (κ2) is 11.1. The summed E-state index contributed by atoms with van der Waals surface area (Å²) in [6, 6.07) is 0. The zero-order valence-electron chi connectivity index (χ0n) is 27.4. The molecule has 5 rings (SSSR count). The maximum Gasteiger partial charge on any atom is 0.0656 e. The molecule has 16 unspecified atom stereocenters. The minimum absolute atomic E-state index is 0.0152. The van der Waals surface area contributed by atoms with Crippen molar-refractivity contribution in [1.82, 2.24) is 0 Å².